The molecule has 0 radical (unpaired) electrons. The van der Waals surface area contributed by atoms with Gasteiger partial charge in [0.1, 0.15) is 12.4 Å². The van der Waals surface area contributed by atoms with Gasteiger partial charge in [-0.05, 0) is 31.5 Å². The maximum Gasteiger partial charge on any atom is 0.240 e. The zero-order valence-corrected chi connectivity index (χ0v) is 12.3. The SMILES string of the molecule is CCC(C)NS(=O)(=O)c1ccc2c(c1)N(C)CCO2. The molecule has 19 heavy (non-hydrogen) atoms. The standard InChI is InChI=1S/C13H20N2O3S/c1-4-10(2)14-19(16,17)11-5-6-13-12(9-11)15(3)7-8-18-13/h5-6,9-10,14H,4,7-8H2,1-3H3. The summed E-state index contributed by atoms with van der Waals surface area (Å²) in [6.45, 7) is 5.18. The number of benzene rings is 1. The first kappa shape index (κ1) is 14.1. The molecule has 0 aromatic heterocycles. The van der Waals surface area contributed by atoms with Crippen molar-refractivity contribution in [3.05, 3.63) is 18.2 Å². The van der Waals surface area contributed by atoms with Gasteiger partial charge in [-0.25, -0.2) is 13.1 Å². The van der Waals surface area contributed by atoms with Gasteiger partial charge in [-0.2, -0.15) is 0 Å². The third kappa shape index (κ3) is 3.01. The van der Waals surface area contributed by atoms with Crippen LogP contribution < -0.4 is 14.4 Å². The summed E-state index contributed by atoms with van der Waals surface area (Å²) in [5, 5.41) is 0. The number of nitrogens with zero attached hydrogens (tertiary/aromatic N) is 1. The molecule has 6 heteroatoms. The number of ether oxygens (including phenoxy) is 1. The Hall–Kier alpha value is -1.27. The number of sulfonamides is 1. The van der Waals surface area contributed by atoms with E-state index < -0.39 is 10.0 Å². The number of hydrogen-bond donors (Lipinski definition) is 1. The fourth-order valence-corrected chi connectivity index (χ4v) is 3.26. The van der Waals surface area contributed by atoms with Crippen LogP contribution in [0.25, 0.3) is 0 Å². The Balaban J connectivity index is 2.33. The summed E-state index contributed by atoms with van der Waals surface area (Å²) in [5.41, 5.74) is 0.818. The van der Waals surface area contributed by atoms with Crippen LogP contribution in [-0.2, 0) is 10.0 Å². The van der Waals surface area contributed by atoms with E-state index in [0.29, 0.717) is 6.61 Å². The van der Waals surface area contributed by atoms with Crippen molar-refractivity contribution in [3.8, 4) is 5.75 Å². The molecule has 1 heterocycles. The molecule has 106 valence electrons. The smallest absolute Gasteiger partial charge is 0.240 e. The van der Waals surface area contributed by atoms with Crippen molar-refractivity contribution in [2.75, 3.05) is 25.1 Å². The van der Waals surface area contributed by atoms with E-state index in [-0.39, 0.29) is 10.9 Å². The Labute approximate surface area is 114 Å². The van der Waals surface area contributed by atoms with Crippen LogP contribution in [0.5, 0.6) is 5.75 Å². The molecule has 0 spiro atoms. The first-order valence-electron chi connectivity index (χ1n) is 6.44. The van der Waals surface area contributed by atoms with Gasteiger partial charge in [-0.1, -0.05) is 6.92 Å². The van der Waals surface area contributed by atoms with Crippen molar-refractivity contribution in [2.24, 2.45) is 0 Å². The minimum atomic E-state index is -3.46. The van der Waals surface area contributed by atoms with Gasteiger partial charge in [-0.15, -0.1) is 0 Å². The molecule has 0 aliphatic carbocycles. The van der Waals surface area contributed by atoms with Gasteiger partial charge >= 0.3 is 0 Å². The van der Waals surface area contributed by atoms with Crippen LogP contribution in [0.3, 0.4) is 0 Å². The molecule has 5 nitrogen and oxygen atoms in total. The minimum absolute atomic E-state index is 0.0741. The van der Waals surface area contributed by atoms with Crippen molar-refractivity contribution >= 4 is 15.7 Å². The van der Waals surface area contributed by atoms with Crippen molar-refractivity contribution in [2.45, 2.75) is 31.2 Å². The van der Waals surface area contributed by atoms with E-state index in [4.69, 9.17) is 4.74 Å². The van der Waals surface area contributed by atoms with Crippen LogP contribution in [0.2, 0.25) is 0 Å². The van der Waals surface area contributed by atoms with E-state index in [1.807, 2.05) is 25.8 Å². The van der Waals surface area contributed by atoms with E-state index in [1.54, 1.807) is 18.2 Å². The molecule has 0 saturated heterocycles. The molecule has 1 aromatic rings. The summed E-state index contributed by atoms with van der Waals surface area (Å²) in [7, 11) is -1.53. The lowest BCUT2D eigenvalue weighted by Crippen LogP contribution is -2.33. The number of anilines is 1. The zero-order chi connectivity index (χ0) is 14.0. The summed E-state index contributed by atoms with van der Waals surface area (Å²) in [4.78, 5) is 2.28. The largest absolute Gasteiger partial charge is 0.490 e. The Morgan fingerprint density at radius 1 is 1.47 bits per heavy atom. The number of fused-ring (bicyclic) bond motifs is 1. The Kier molecular flexibility index (Phi) is 4.01. The molecule has 1 unspecified atom stereocenters. The molecule has 0 fully saturated rings. The highest BCUT2D eigenvalue weighted by Gasteiger charge is 2.21. The zero-order valence-electron chi connectivity index (χ0n) is 11.5. The highest BCUT2D eigenvalue weighted by molar-refractivity contribution is 7.89. The molecule has 1 aliphatic rings. The number of nitrogens with one attached hydrogen (secondary N) is 1. The lowest BCUT2D eigenvalue weighted by atomic mass is 10.2. The van der Waals surface area contributed by atoms with Gasteiger partial charge in [0.05, 0.1) is 17.1 Å². The van der Waals surface area contributed by atoms with Crippen LogP contribution in [-0.4, -0.2) is 34.7 Å². The van der Waals surface area contributed by atoms with Crippen LogP contribution in [0, 0.1) is 0 Å². The van der Waals surface area contributed by atoms with E-state index in [9.17, 15) is 8.42 Å². The van der Waals surface area contributed by atoms with Gasteiger partial charge in [0, 0.05) is 13.1 Å². The van der Waals surface area contributed by atoms with Crippen molar-refractivity contribution in [1.29, 1.82) is 0 Å². The fraction of sp³-hybridized carbons (Fsp3) is 0.538. The summed E-state index contributed by atoms with van der Waals surface area (Å²) in [6.07, 6.45) is 0.757. The highest BCUT2D eigenvalue weighted by Crippen LogP contribution is 2.32. The summed E-state index contributed by atoms with van der Waals surface area (Å²) < 4.78 is 32.6. The first-order valence-corrected chi connectivity index (χ1v) is 7.92. The molecular formula is C13H20N2O3S. The van der Waals surface area contributed by atoms with Gasteiger partial charge in [0.25, 0.3) is 0 Å². The lowest BCUT2D eigenvalue weighted by Gasteiger charge is -2.28. The van der Waals surface area contributed by atoms with Crippen molar-refractivity contribution in [1.82, 2.24) is 4.72 Å². The number of rotatable bonds is 4. The van der Waals surface area contributed by atoms with Crippen LogP contribution in [0.1, 0.15) is 20.3 Å². The van der Waals surface area contributed by atoms with Gasteiger partial charge in [0.2, 0.25) is 10.0 Å². The maximum absolute atomic E-state index is 12.2. The second kappa shape index (κ2) is 5.38. The molecule has 0 bridgehead atoms. The normalized spacial score (nSPS) is 16.7. The molecule has 1 N–H and O–H groups in total. The minimum Gasteiger partial charge on any atom is -0.490 e. The predicted octanol–water partition coefficient (Wildman–Crippen LogP) is 1.59. The Morgan fingerprint density at radius 3 is 2.89 bits per heavy atom. The molecule has 0 saturated carbocycles. The van der Waals surface area contributed by atoms with Crippen molar-refractivity contribution in [3.63, 3.8) is 0 Å². The third-order valence-corrected chi connectivity index (χ3v) is 4.89. The second-order valence-electron chi connectivity index (χ2n) is 4.83. The summed E-state index contributed by atoms with van der Waals surface area (Å²) in [6, 6.07) is 4.90. The quantitative estimate of drug-likeness (QED) is 0.912. The second-order valence-corrected chi connectivity index (χ2v) is 6.54. The average Bonchev–Trinajstić information content (AvgIpc) is 2.38. The molecular weight excluding hydrogens is 264 g/mol. The molecule has 2 rings (SSSR count). The van der Waals surface area contributed by atoms with Gasteiger partial charge in [0.15, 0.2) is 0 Å². The first-order chi connectivity index (χ1) is 8.94. The lowest BCUT2D eigenvalue weighted by molar-refractivity contribution is 0.311. The summed E-state index contributed by atoms with van der Waals surface area (Å²) >= 11 is 0. The third-order valence-electron chi connectivity index (χ3n) is 3.30. The van der Waals surface area contributed by atoms with Crippen LogP contribution in [0.4, 0.5) is 5.69 Å². The number of likely N-dealkylation sites (N-methyl/N-ethyl adjacent to an activating group) is 1. The van der Waals surface area contributed by atoms with E-state index >= 15 is 0 Å². The van der Waals surface area contributed by atoms with Crippen molar-refractivity contribution < 1.29 is 13.2 Å². The van der Waals surface area contributed by atoms with Crippen LogP contribution >= 0.6 is 0 Å². The highest BCUT2D eigenvalue weighted by atomic mass is 32.2. The summed E-state index contributed by atoms with van der Waals surface area (Å²) in [5.74, 6) is 0.733. The predicted molar refractivity (Wildman–Crippen MR) is 75.3 cm³/mol. The van der Waals surface area contributed by atoms with Gasteiger partial charge < -0.3 is 9.64 Å². The van der Waals surface area contributed by atoms with E-state index in [1.165, 1.54) is 0 Å². The van der Waals surface area contributed by atoms with E-state index in [2.05, 4.69) is 4.72 Å². The van der Waals surface area contributed by atoms with E-state index in [0.717, 1.165) is 24.4 Å². The fourth-order valence-electron chi connectivity index (χ4n) is 1.91. The molecule has 0 amide bonds. The Bertz CT molecular complexity index is 557. The molecule has 1 aliphatic heterocycles. The average molecular weight is 284 g/mol. The monoisotopic (exact) mass is 284 g/mol. The molecule has 1 atom stereocenters. The number of hydrogen-bond acceptors (Lipinski definition) is 4. The molecule has 1 aromatic carbocycles. The van der Waals surface area contributed by atoms with Crippen LogP contribution in [0.15, 0.2) is 23.1 Å². The topological polar surface area (TPSA) is 58.6 Å². The Morgan fingerprint density at radius 2 is 2.21 bits per heavy atom. The van der Waals surface area contributed by atoms with Gasteiger partial charge in [-0.3, -0.25) is 0 Å². The maximum atomic E-state index is 12.2.